The van der Waals surface area contributed by atoms with E-state index in [1.54, 1.807) is 0 Å². The van der Waals surface area contributed by atoms with Crippen molar-refractivity contribution >= 4 is 6.60 Å². The van der Waals surface area contributed by atoms with Gasteiger partial charge in [-0.1, -0.05) is 0 Å². The van der Waals surface area contributed by atoms with Crippen LogP contribution in [0.5, 0.6) is 0 Å². The maximum atomic E-state index is 8.85. The van der Waals surface area contributed by atoms with Crippen molar-refractivity contribution in [1.29, 1.82) is 5.26 Å². The summed E-state index contributed by atoms with van der Waals surface area (Å²) in [6.07, 6.45) is 2.11. The van der Waals surface area contributed by atoms with E-state index >= 15 is 0 Å². The molecule has 0 saturated heterocycles. The fraction of sp³-hybridized carbons (Fsp3) is 0.857. The summed E-state index contributed by atoms with van der Waals surface area (Å²) < 4.78 is 0. The fourth-order valence-corrected chi connectivity index (χ4v) is 1.10. The molecule has 2 heteroatoms. The van der Waals surface area contributed by atoms with Crippen molar-refractivity contribution in [2.45, 2.75) is 13.8 Å². The Morgan fingerprint density at radius 1 is 1.22 bits per heavy atom. The molecule has 1 nitrogen and oxygen atoms in total. The molecular weight excluding hydrogens is 129 g/mol. The van der Waals surface area contributed by atoms with E-state index in [4.69, 9.17) is 5.26 Å². The summed E-state index contributed by atoms with van der Waals surface area (Å²) in [4.78, 5) is 0. The molecule has 0 fully saturated rings. The zero-order valence-corrected chi connectivity index (χ0v) is 7.70. The molecule has 0 amide bonds. The normalized spacial score (nSPS) is 15.7. The van der Waals surface area contributed by atoms with Crippen LogP contribution in [0.3, 0.4) is 0 Å². The summed E-state index contributed by atoms with van der Waals surface area (Å²) in [5.41, 5.74) is 0. The third-order valence-electron chi connectivity index (χ3n) is 2.37. The Kier molecular flexibility index (Phi) is 2.25. The van der Waals surface area contributed by atoms with Gasteiger partial charge in [0.1, 0.15) is 0 Å². The summed E-state index contributed by atoms with van der Waals surface area (Å²) in [5.74, 6) is 2.48. The first-order valence-electron chi connectivity index (χ1n) is 3.39. The van der Waals surface area contributed by atoms with Gasteiger partial charge in [-0.2, -0.15) is 0 Å². The van der Waals surface area contributed by atoms with E-state index in [0.717, 1.165) is 12.3 Å². The van der Waals surface area contributed by atoms with Gasteiger partial charge in [-0.05, 0) is 0 Å². The Morgan fingerprint density at radius 3 is 1.56 bits per heavy atom. The van der Waals surface area contributed by atoms with E-state index in [0.29, 0.717) is 0 Å². The molecule has 0 N–H and O–H groups in total. The Morgan fingerprint density at radius 2 is 1.56 bits per heavy atom. The van der Waals surface area contributed by atoms with Crippen molar-refractivity contribution in [1.82, 2.24) is 0 Å². The molecule has 9 heavy (non-hydrogen) atoms. The average Bonchev–Trinajstić information content (AvgIpc) is 1.90. The SMILES string of the molecule is CCP(C)(C)(C#N)CC. The van der Waals surface area contributed by atoms with Crippen LogP contribution in [-0.2, 0) is 0 Å². The molecule has 0 aromatic rings. The van der Waals surface area contributed by atoms with Crippen molar-refractivity contribution in [2.24, 2.45) is 0 Å². The van der Waals surface area contributed by atoms with Crippen LogP contribution >= 0.6 is 6.60 Å². The van der Waals surface area contributed by atoms with E-state index in [1.165, 1.54) is 0 Å². The van der Waals surface area contributed by atoms with Gasteiger partial charge >= 0.3 is 57.2 Å². The number of hydrogen-bond acceptors (Lipinski definition) is 1. The van der Waals surface area contributed by atoms with Gasteiger partial charge in [0, 0.05) is 0 Å². The minimum absolute atomic E-state index is 1.05. The first-order valence-corrected chi connectivity index (χ1v) is 6.89. The summed E-state index contributed by atoms with van der Waals surface area (Å²) in [6.45, 7) is 6.70. The van der Waals surface area contributed by atoms with Gasteiger partial charge in [-0.3, -0.25) is 0 Å². The van der Waals surface area contributed by atoms with Gasteiger partial charge in [0.25, 0.3) is 0 Å². The monoisotopic (exact) mass is 145 g/mol. The van der Waals surface area contributed by atoms with Crippen LogP contribution in [0.2, 0.25) is 0 Å². The van der Waals surface area contributed by atoms with Crippen LogP contribution in [0.4, 0.5) is 0 Å². The number of hydrogen-bond donors (Lipinski definition) is 0. The molecular formula is C7H16NP. The average molecular weight is 145 g/mol. The van der Waals surface area contributed by atoms with Crippen LogP contribution in [0.15, 0.2) is 0 Å². The zero-order chi connectivity index (χ0) is 7.57. The molecule has 0 aromatic heterocycles. The van der Waals surface area contributed by atoms with Gasteiger partial charge in [0.15, 0.2) is 0 Å². The first-order chi connectivity index (χ1) is 3.96. The summed E-state index contributed by atoms with van der Waals surface area (Å²) in [7, 11) is 0. The zero-order valence-electron chi connectivity index (χ0n) is 6.81. The Hall–Kier alpha value is -0.0800. The molecule has 0 heterocycles. The van der Waals surface area contributed by atoms with Crippen LogP contribution in [0.25, 0.3) is 0 Å². The van der Waals surface area contributed by atoms with E-state index in [2.05, 4.69) is 33.0 Å². The third-order valence-corrected chi connectivity index (χ3v) is 7.11. The molecule has 0 spiro atoms. The second-order valence-electron chi connectivity index (χ2n) is 3.43. The quantitative estimate of drug-likeness (QED) is 0.547. The molecule has 54 valence electrons. The topological polar surface area (TPSA) is 23.8 Å². The van der Waals surface area contributed by atoms with Gasteiger partial charge in [0.05, 0.1) is 0 Å². The maximum absolute atomic E-state index is 8.85. The molecule has 0 aliphatic rings. The van der Waals surface area contributed by atoms with Crippen molar-refractivity contribution in [2.75, 3.05) is 25.7 Å². The van der Waals surface area contributed by atoms with Crippen molar-refractivity contribution in [3.05, 3.63) is 0 Å². The van der Waals surface area contributed by atoms with Crippen LogP contribution in [-0.4, -0.2) is 25.7 Å². The molecule has 0 aliphatic carbocycles. The van der Waals surface area contributed by atoms with Gasteiger partial charge in [0.2, 0.25) is 0 Å². The Balaban J connectivity index is 4.45. The summed E-state index contributed by atoms with van der Waals surface area (Å²) in [6, 6.07) is 0. The van der Waals surface area contributed by atoms with Gasteiger partial charge in [-0.25, -0.2) is 0 Å². The Labute approximate surface area is 58.0 Å². The molecule has 0 unspecified atom stereocenters. The minimum atomic E-state index is -1.82. The predicted molar refractivity (Wildman–Crippen MR) is 45.5 cm³/mol. The molecule has 0 bridgehead atoms. The second kappa shape index (κ2) is 2.27. The van der Waals surface area contributed by atoms with E-state index in [1.807, 2.05) is 0 Å². The van der Waals surface area contributed by atoms with Crippen molar-refractivity contribution in [3.8, 4) is 5.81 Å². The number of rotatable bonds is 2. The van der Waals surface area contributed by atoms with Crippen LogP contribution in [0.1, 0.15) is 13.8 Å². The van der Waals surface area contributed by atoms with Gasteiger partial charge in [-0.15, -0.1) is 0 Å². The standard InChI is InChI=1S/C7H16NP/c1-5-9(3,4,6-2)7-8/h5-6H2,1-4H3. The van der Waals surface area contributed by atoms with Crippen molar-refractivity contribution in [3.63, 3.8) is 0 Å². The van der Waals surface area contributed by atoms with Crippen LogP contribution in [0, 0.1) is 11.1 Å². The predicted octanol–water partition coefficient (Wildman–Crippen LogP) is 2.32. The summed E-state index contributed by atoms with van der Waals surface area (Å²) in [5, 5.41) is 8.85. The number of nitrogens with zero attached hydrogens (tertiary/aromatic N) is 1. The molecule has 0 atom stereocenters. The van der Waals surface area contributed by atoms with Crippen LogP contribution < -0.4 is 0 Å². The van der Waals surface area contributed by atoms with Crippen molar-refractivity contribution < 1.29 is 0 Å². The Bertz CT molecular complexity index is 135. The molecule has 0 aliphatic heterocycles. The third kappa shape index (κ3) is 1.95. The van der Waals surface area contributed by atoms with E-state index in [9.17, 15) is 0 Å². The van der Waals surface area contributed by atoms with E-state index in [-0.39, 0.29) is 0 Å². The fourth-order valence-electron chi connectivity index (χ4n) is 0.365. The molecule has 0 saturated carbocycles. The molecule has 0 aromatic carbocycles. The van der Waals surface area contributed by atoms with Gasteiger partial charge < -0.3 is 0 Å². The first kappa shape index (κ1) is 8.92. The summed E-state index contributed by atoms with van der Waals surface area (Å²) >= 11 is 0. The molecule has 0 radical (unpaired) electrons. The second-order valence-corrected chi connectivity index (χ2v) is 10.3. The molecule has 0 rings (SSSR count). The van der Waals surface area contributed by atoms with E-state index < -0.39 is 6.60 Å². The number of nitriles is 1.